The van der Waals surface area contributed by atoms with E-state index in [0.717, 1.165) is 45.1 Å². The number of hydrogen-bond donors (Lipinski definition) is 1. The van der Waals surface area contributed by atoms with E-state index in [0.29, 0.717) is 37.2 Å². The van der Waals surface area contributed by atoms with Gasteiger partial charge in [0, 0.05) is 36.9 Å². The van der Waals surface area contributed by atoms with E-state index in [4.69, 9.17) is 0 Å². The van der Waals surface area contributed by atoms with Crippen molar-refractivity contribution in [3.63, 3.8) is 0 Å². The predicted octanol–water partition coefficient (Wildman–Crippen LogP) is 3.43. The molecule has 0 spiro atoms. The first-order chi connectivity index (χ1) is 15.9. The summed E-state index contributed by atoms with van der Waals surface area (Å²) >= 11 is 0. The fourth-order valence-corrected chi connectivity index (χ4v) is 7.53. The van der Waals surface area contributed by atoms with Crippen LogP contribution in [0.2, 0.25) is 0 Å². The minimum atomic E-state index is -0.790. The second kappa shape index (κ2) is 9.20. The summed E-state index contributed by atoms with van der Waals surface area (Å²) in [4.78, 5) is 33.8. The van der Waals surface area contributed by atoms with E-state index in [1.807, 2.05) is 11.1 Å². The molecule has 2 aliphatic carbocycles. The van der Waals surface area contributed by atoms with Gasteiger partial charge in [0.2, 0.25) is 5.91 Å². The second-order valence-electron chi connectivity index (χ2n) is 11.4. The van der Waals surface area contributed by atoms with E-state index in [-0.39, 0.29) is 41.8 Å². The zero-order valence-corrected chi connectivity index (χ0v) is 20.5. The number of nitrogens with zero attached hydrogens (tertiary/aromatic N) is 3. The van der Waals surface area contributed by atoms with E-state index in [1.54, 1.807) is 0 Å². The van der Waals surface area contributed by atoms with Crippen LogP contribution in [0.25, 0.3) is 0 Å². The summed E-state index contributed by atoms with van der Waals surface area (Å²) < 4.78 is 14.3. The van der Waals surface area contributed by atoms with E-state index < -0.39 is 6.17 Å². The topological polar surface area (TPSA) is 55.9 Å². The SMILES string of the molecule is CC1C2CC(F)CCC2N2C(C(=O)NC[C@H]3CCCN3C(C)C)=CN(C3CCCC3)C(=O)C12. The number of carbonyl (C=O) groups excluding carboxylic acids is 2. The number of halogens is 1. The molecule has 0 radical (unpaired) electrons. The lowest BCUT2D eigenvalue weighted by Gasteiger charge is -2.43. The first-order valence-corrected chi connectivity index (χ1v) is 13.4. The Hall–Kier alpha value is -1.63. The van der Waals surface area contributed by atoms with Crippen molar-refractivity contribution in [2.24, 2.45) is 11.8 Å². The Kier molecular flexibility index (Phi) is 6.45. The zero-order valence-electron chi connectivity index (χ0n) is 20.5. The third-order valence-electron chi connectivity index (χ3n) is 9.21. The molecule has 0 bridgehead atoms. The quantitative estimate of drug-likeness (QED) is 0.683. The molecule has 0 aromatic heterocycles. The highest BCUT2D eigenvalue weighted by Gasteiger charge is 2.56. The highest BCUT2D eigenvalue weighted by molar-refractivity contribution is 5.97. The smallest absolute Gasteiger partial charge is 0.269 e. The van der Waals surface area contributed by atoms with Gasteiger partial charge in [0.25, 0.3) is 5.91 Å². The molecule has 4 fully saturated rings. The van der Waals surface area contributed by atoms with Gasteiger partial charge in [0.05, 0.1) is 0 Å². The average Bonchev–Trinajstić information content (AvgIpc) is 3.53. The van der Waals surface area contributed by atoms with Crippen LogP contribution in [0.5, 0.6) is 0 Å². The maximum atomic E-state index is 14.3. The molecular formula is C26H41FN4O2. The summed E-state index contributed by atoms with van der Waals surface area (Å²) in [5.41, 5.74) is 0.636. The van der Waals surface area contributed by atoms with E-state index in [1.165, 1.54) is 6.42 Å². The van der Waals surface area contributed by atoms with Gasteiger partial charge >= 0.3 is 0 Å². The molecule has 2 saturated carbocycles. The van der Waals surface area contributed by atoms with Crippen molar-refractivity contribution in [3.05, 3.63) is 11.9 Å². The predicted molar refractivity (Wildman–Crippen MR) is 126 cm³/mol. The highest BCUT2D eigenvalue weighted by Crippen LogP contribution is 2.48. The molecule has 1 N–H and O–H groups in total. The van der Waals surface area contributed by atoms with Crippen molar-refractivity contribution in [1.29, 1.82) is 0 Å². The third kappa shape index (κ3) is 4.08. The van der Waals surface area contributed by atoms with Crippen molar-refractivity contribution in [3.8, 4) is 0 Å². The summed E-state index contributed by atoms with van der Waals surface area (Å²) in [7, 11) is 0. The lowest BCUT2D eigenvalue weighted by atomic mass is 9.78. The largest absolute Gasteiger partial charge is 0.350 e. The Morgan fingerprint density at radius 2 is 1.91 bits per heavy atom. The molecule has 6 atom stereocenters. The van der Waals surface area contributed by atoms with Gasteiger partial charge in [-0.2, -0.15) is 0 Å². The van der Waals surface area contributed by atoms with Gasteiger partial charge < -0.3 is 15.1 Å². The fraction of sp³-hybridized carbons (Fsp3) is 0.846. The number of alkyl halides is 1. The van der Waals surface area contributed by atoms with Crippen LogP contribution < -0.4 is 5.32 Å². The van der Waals surface area contributed by atoms with Crippen LogP contribution in [0, 0.1) is 11.8 Å². The van der Waals surface area contributed by atoms with Gasteiger partial charge in [0.15, 0.2) is 0 Å². The average molecular weight is 461 g/mol. The van der Waals surface area contributed by atoms with Crippen molar-refractivity contribution < 1.29 is 14.0 Å². The van der Waals surface area contributed by atoms with Crippen LogP contribution in [0.4, 0.5) is 4.39 Å². The summed E-state index contributed by atoms with van der Waals surface area (Å²) in [6.07, 6.45) is 9.38. The zero-order chi connectivity index (χ0) is 23.3. The Morgan fingerprint density at radius 1 is 1.15 bits per heavy atom. The van der Waals surface area contributed by atoms with E-state index >= 15 is 0 Å². The summed E-state index contributed by atoms with van der Waals surface area (Å²) in [5, 5.41) is 3.23. The number of fused-ring (bicyclic) bond motifs is 3. The molecule has 33 heavy (non-hydrogen) atoms. The fourth-order valence-electron chi connectivity index (χ4n) is 7.53. The van der Waals surface area contributed by atoms with Gasteiger partial charge in [0.1, 0.15) is 17.9 Å². The molecule has 6 nitrogen and oxygen atoms in total. The normalized spacial score (nSPS) is 37.5. The Bertz CT molecular complexity index is 795. The lowest BCUT2D eigenvalue weighted by molar-refractivity contribution is -0.138. The Labute approximate surface area is 197 Å². The molecule has 5 aliphatic rings. The molecule has 3 aliphatic heterocycles. The van der Waals surface area contributed by atoms with E-state index in [2.05, 4.69) is 35.9 Å². The Morgan fingerprint density at radius 3 is 2.64 bits per heavy atom. The second-order valence-corrected chi connectivity index (χ2v) is 11.4. The molecule has 7 heteroatoms. The molecule has 5 rings (SSSR count). The minimum absolute atomic E-state index is 0.0627. The first-order valence-electron chi connectivity index (χ1n) is 13.4. The van der Waals surface area contributed by atoms with Crippen molar-refractivity contribution >= 4 is 11.8 Å². The lowest BCUT2D eigenvalue weighted by Crippen LogP contribution is -2.56. The van der Waals surface area contributed by atoms with Crippen LogP contribution in [0.15, 0.2) is 11.9 Å². The molecule has 3 heterocycles. The maximum Gasteiger partial charge on any atom is 0.269 e. The van der Waals surface area contributed by atoms with Crippen LogP contribution >= 0.6 is 0 Å². The summed E-state index contributed by atoms with van der Waals surface area (Å²) in [5.74, 6) is 0.250. The third-order valence-corrected chi connectivity index (χ3v) is 9.21. The summed E-state index contributed by atoms with van der Waals surface area (Å²) in [6, 6.07) is 0.781. The molecule has 0 aromatic carbocycles. The number of likely N-dealkylation sites (tertiary alicyclic amines) is 1. The van der Waals surface area contributed by atoms with Crippen molar-refractivity contribution in [1.82, 2.24) is 20.0 Å². The van der Waals surface area contributed by atoms with Crippen molar-refractivity contribution in [2.45, 2.75) is 115 Å². The standard InChI is InChI=1S/C26H41FN4O2/c1-16(2)29-12-6-9-20(29)14-28-25(32)23-15-30(19-7-4-5-8-19)26(33)24-17(3)21-13-18(27)10-11-22(21)31(23)24/h15-22,24H,4-14H2,1-3H3,(H,28,32)/t17?,18?,20-,21?,22?,24?/m1/s1. The number of amides is 2. The minimum Gasteiger partial charge on any atom is -0.350 e. The van der Waals surface area contributed by atoms with Gasteiger partial charge in [-0.15, -0.1) is 0 Å². The van der Waals surface area contributed by atoms with Crippen LogP contribution in [0.1, 0.15) is 78.6 Å². The van der Waals surface area contributed by atoms with E-state index in [9.17, 15) is 14.0 Å². The molecule has 5 unspecified atom stereocenters. The van der Waals surface area contributed by atoms with Gasteiger partial charge in [-0.3, -0.25) is 14.5 Å². The van der Waals surface area contributed by atoms with Gasteiger partial charge in [-0.05, 0) is 77.2 Å². The highest BCUT2D eigenvalue weighted by atomic mass is 19.1. The number of hydrogen-bond acceptors (Lipinski definition) is 4. The van der Waals surface area contributed by atoms with Gasteiger partial charge in [-0.1, -0.05) is 19.8 Å². The number of carbonyl (C=O) groups is 2. The molecule has 184 valence electrons. The first kappa shape index (κ1) is 23.1. The van der Waals surface area contributed by atoms with Crippen LogP contribution in [-0.4, -0.2) is 76.0 Å². The molecule has 2 saturated heterocycles. The van der Waals surface area contributed by atoms with Crippen LogP contribution in [-0.2, 0) is 9.59 Å². The Balaban J connectivity index is 1.40. The maximum absolute atomic E-state index is 14.3. The molecule has 0 aromatic rings. The van der Waals surface area contributed by atoms with Gasteiger partial charge in [-0.25, -0.2) is 4.39 Å². The number of rotatable bonds is 5. The summed E-state index contributed by atoms with van der Waals surface area (Å²) in [6.45, 7) is 8.26. The van der Waals surface area contributed by atoms with Crippen LogP contribution in [0.3, 0.4) is 0 Å². The monoisotopic (exact) mass is 460 g/mol. The number of nitrogens with one attached hydrogen (secondary N) is 1. The molecule has 2 amide bonds. The van der Waals surface area contributed by atoms with Crippen molar-refractivity contribution in [2.75, 3.05) is 13.1 Å². The molecular weight excluding hydrogens is 419 g/mol.